The first-order chi connectivity index (χ1) is 14.1. The van der Waals surface area contributed by atoms with Crippen LogP contribution in [0.2, 0.25) is 0 Å². The minimum absolute atomic E-state index is 0. The number of benzene rings is 2. The molecular weight excluding hydrogens is 407 g/mol. The zero-order valence-corrected chi connectivity index (χ0v) is 16.0. The number of carbonyl (C=O) groups is 2. The molecule has 0 fully saturated rings. The number of anilines is 1. The number of carboxylic acid groups (broad SMARTS) is 1. The summed E-state index contributed by atoms with van der Waals surface area (Å²) in [5.74, 6) is -1.52. The number of hydrogen-bond acceptors (Lipinski definition) is 4. The Morgan fingerprint density at radius 1 is 0.867 bits per heavy atom. The molecule has 2 heterocycles. The van der Waals surface area contributed by atoms with Crippen LogP contribution >= 0.6 is 11.3 Å². The van der Waals surface area contributed by atoms with Crippen molar-refractivity contribution in [2.24, 2.45) is 0 Å². The van der Waals surface area contributed by atoms with E-state index in [2.05, 4.69) is 10.3 Å². The summed E-state index contributed by atoms with van der Waals surface area (Å²) in [5, 5.41) is 16.1. The van der Waals surface area contributed by atoms with E-state index in [-0.39, 0.29) is 40.8 Å². The molecule has 0 radical (unpaired) electrons. The standard InChI is InChI=1S/C23H16N2O3S.Na.H/c26-22(19-10-18(12-24-13-19)15-4-2-1-3-5-15)25-21-11-16(17-8-9-29-14-17)6-7-20(21)23(27)28;;/h1-14H,(H,25,26)(H,27,28);;. The summed E-state index contributed by atoms with van der Waals surface area (Å²) in [6.07, 6.45) is 3.15. The van der Waals surface area contributed by atoms with Crippen LogP contribution in [0, 0.1) is 0 Å². The molecule has 0 aliphatic carbocycles. The van der Waals surface area contributed by atoms with E-state index < -0.39 is 11.9 Å². The molecule has 2 N–H and O–H groups in total. The van der Waals surface area contributed by atoms with Gasteiger partial charge in [-0.15, -0.1) is 0 Å². The fourth-order valence-corrected chi connectivity index (χ4v) is 3.65. The van der Waals surface area contributed by atoms with E-state index in [0.29, 0.717) is 5.56 Å². The van der Waals surface area contributed by atoms with Gasteiger partial charge in [0.1, 0.15) is 0 Å². The molecule has 0 atom stereocenters. The van der Waals surface area contributed by atoms with Crippen molar-refractivity contribution in [1.82, 2.24) is 4.98 Å². The Morgan fingerprint density at radius 3 is 2.37 bits per heavy atom. The van der Waals surface area contributed by atoms with Crippen molar-refractivity contribution in [3.8, 4) is 22.3 Å². The molecule has 4 rings (SSSR count). The fraction of sp³-hybridized carbons (Fsp3) is 0. The summed E-state index contributed by atoms with van der Waals surface area (Å²) in [4.78, 5) is 28.6. The predicted octanol–water partition coefficient (Wildman–Crippen LogP) is 4.78. The van der Waals surface area contributed by atoms with Gasteiger partial charge in [0, 0.05) is 18.0 Å². The van der Waals surface area contributed by atoms with Crippen molar-refractivity contribution in [2.75, 3.05) is 5.32 Å². The van der Waals surface area contributed by atoms with E-state index in [1.54, 1.807) is 35.7 Å². The summed E-state index contributed by atoms with van der Waals surface area (Å²) in [7, 11) is 0. The molecule has 0 spiro atoms. The van der Waals surface area contributed by atoms with Gasteiger partial charge < -0.3 is 10.4 Å². The maximum absolute atomic E-state index is 12.8. The van der Waals surface area contributed by atoms with Gasteiger partial charge in [-0.2, -0.15) is 11.3 Å². The summed E-state index contributed by atoms with van der Waals surface area (Å²) < 4.78 is 0. The van der Waals surface area contributed by atoms with Gasteiger partial charge in [0.2, 0.25) is 0 Å². The molecule has 30 heavy (non-hydrogen) atoms. The van der Waals surface area contributed by atoms with E-state index >= 15 is 0 Å². The molecule has 144 valence electrons. The van der Waals surface area contributed by atoms with E-state index in [1.165, 1.54) is 12.3 Å². The summed E-state index contributed by atoms with van der Waals surface area (Å²) in [6, 6.07) is 18.2. The van der Waals surface area contributed by atoms with E-state index in [9.17, 15) is 14.7 Å². The van der Waals surface area contributed by atoms with Gasteiger partial charge in [-0.05, 0) is 51.7 Å². The fourth-order valence-electron chi connectivity index (χ4n) is 2.99. The number of amides is 1. The molecule has 1 amide bonds. The first-order valence-electron chi connectivity index (χ1n) is 8.83. The van der Waals surface area contributed by atoms with Crippen molar-refractivity contribution in [3.05, 3.63) is 94.9 Å². The Balaban J connectivity index is 0.00000256. The van der Waals surface area contributed by atoms with Crippen molar-refractivity contribution in [1.29, 1.82) is 0 Å². The summed E-state index contributed by atoms with van der Waals surface area (Å²) >= 11 is 1.55. The molecule has 0 unspecified atom stereocenters. The zero-order valence-electron chi connectivity index (χ0n) is 15.2. The number of rotatable bonds is 5. The average molecular weight is 424 g/mol. The van der Waals surface area contributed by atoms with Crippen LogP contribution in [0.3, 0.4) is 0 Å². The average Bonchev–Trinajstić information content (AvgIpc) is 3.29. The number of pyridine rings is 1. The third-order valence-electron chi connectivity index (χ3n) is 4.46. The van der Waals surface area contributed by atoms with Crippen molar-refractivity contribution in [3.63, 3.8) is 0 Å². The number of nitrogens with zero attached hydrogens (tertiary/aromatic N) is 1. The molecule has 0 saturated heterocycles. The second kappa shape index (κ2) is 9.82. The summed E-state index contributed by atoms with van der Waals surface area (Å²) in [6.45, 7) is 0. The van der Waals surface area contributed by atoms with Crippen molar-refractivity contribution < 1.29 is 14.7 Å². The van der Waals surface area contributed by atoms with Gasteiger partial charge >= 0.3 is 35.5 Å². The van der Waals surface area contributed by atoms with Crippen LogP contribution in [0.15, 0.2) is 83.8 Å². The van der Waals surface area contributed by atoms with E-state index in [0.717, 1.165) is 22.3 Å². The first-order valence-corrected chi connectivity index (χ1v) is 9.78. The van der Waals surface area contributed by atoms with Gasteiger partial charge in [0.05, 0.1) is 16.8 Å². The molecule has 0 aliphatic heterocycles. The van der Waals surface area contributed by atoms with Crippen LogP contribution < -0.4 is 5.32 Å². The monoisotopic (exact) mass is 424 g/mol. The van der Waals surface area contributed by atoms with Crippen LogP contribution in [0.1, 0.15) is 20.7 Å². The van der Waals surface area contributed by atoms with Gasteiger partial charge in [-0.1, -0.05) is 36.4 Å². The van der Waals surface area contributed by atoms with Crippen molar-refractivity contribution in [2.45, 2.75) is 0 Å². The minimum atomic E-state index is -1.10. The van der Waals surface area contributed by atoms with Crippen LogP contribution in [0.4, 0.5) is 5.69 Å². The number of aromatic nitrogens is 1. The maximum atomic E-state index is 12.8. The van der Waals surface area contributed by atoms with E-state index in [1.807, 2.05) is 47.2 Å². The Hall–Kier alpha value is -2.77. The second-order valence-corrected chi connectivity index (χ2v) is 7.14. The number of thiophene rings is 1. The topological polar surface area (TPSA) is 79.3 Å². The molecule has 4 aromatic rings. The molecule has 0 aliphatic rings. The van der Waals surface area contributed by atoms with Crippen LogP contribution in [0.25, 0.3) is 22.3 Å². The Bertz CT molecular complexity index is 1180. The molecule has 0 saturated carbocycles. The van der Waals surface area contributed by atoms with Crippen LogP contribution in [0.5, 0.6) is 0 Å². The molecule has 7 heteroatoms. The summed E-state index contributed by atoms with van der Waals surface area (Å²) in [5.41, 5.74) is 4.19. The van der Waals surface area contributed by atoms with Gasteiger partial charge in [-0.25, -0.2) is 4.79 Å². The number of aromatic carboxylic acids is 1. The third-order valence-corrected chi connectivity index (χ3v) is 5.14. The van der Waals surface area contributed by atoms with Crippen molar-refractivity contribution >= 4 is 58.5 Å². The van der Waals surface area contributed by atoms with Gasteiger partial charge in [-0.3, -0.25) is 9.78 Å². The Labute approximate surface area is 199 Å². The normalized spacial score (nSPS) is 10.1. The van der Waals surface area contributed by atoms with Crippen LogP contribution in [-0.4, -0.2) is 51.5 Å². The van der Waals surface area contributed by atoms with Gasteiger partial charge in [0.25, 0.3) is 5.91 Å². The molecule has 0 bridgehead atoms. The Kier molecular flexibility index (Phi) is 7.18. The molecular formula is C23H17N2NaO3S. The predicted molar refractivity (Wildman–Crippen MR) is 121 cm³/mol. The number of carboxylic acids is 1. The van der Waals surface area contributed by atoms with Gasteiger partial charge in [0.15, 0.2) is 0 Å². The second-order valence-electron chi connectivity index (χ2n) is 6.36. The van der Waals surface area contributed by atoms with E-state index in [4.69, 9.17) is 0 Å². The third kappa shape index (κ3) is 4.86. The Morgan fingerprint density at radius 2 is 1.67 bits per heavy atom. The molecule has 2 aromatic carbocycles. The number of hydrogen-bond donors (Lipinski definition) is 2. The van der Waals surface area contributed by atoms with Crippen LogP contribution in [-0.2, 0) is 0 Å². The molecule has 2 aromatic heterocycles. The SMILES string of the molecule is O=C(Nc1cc(-c2ccsc2)ccc1C(=O)O)c1cncc(-c2ccccc2)c1.[NaH]. The first kappa shape index (κ1) is 21.9. The zero-order chi connectivity index (χ0) is 20.2. The number of nitrogens with one attached hydrogen (secondary N) is 1. The molecule has 5 nitrogen and oxygen atoms in total. The number of carbonyl (C=O) groups excluding carboxylic acids is 1. The quantitative estimate of drug-likeness (QED) is 0.452.